The van der Waals surface area contributed by atoms with Gasteiger partial charge >= 0.3 is 11.9 Å². The molecular weight excluding hydrogens is 404 g/mol. The summed E-state index contributed by atoms with van der Waals surface area (Å²) >= 11 is 0. The van der Waals surface area contributed by atoms with Gasteiger partial charge in [0.25, 0.3) is 5.56 Å². The van der Waals surface area contributed by atoms with Gasteiger partial charge in [-0.1, -0.05) is 24.3 Å². The van der Waals surface area contributed by atoms with Crippen LogP contribution in [0.15, 0.2) is 35.3 Å². The van der Waals surface area contributed by atoms with Crippen molar-refractivity contribution in [3.8, 4) is 0 Å². The Balaban J connectivity index is 1.57. The number of rotatable bonds is 10. The van der Waals surface area contributed by atoms with Crippen molar-refractivity contribution in [1.29, 1.82) is 0 Å². The first-order chi connectivity index (χ1) is 14.8. The molecule has 31 heavy (non-hydrogen) atoms. The number of nitrogens with two attached hydrogens (primary N) is 1. The number of nitrogen functional groups attached to an aromatic ring is 1. The number of aromatic nitrogens is 4. The highest BCUT2D eigenvalue weighted by atomic mass is 16.4. The Labute approximate surface area is 176 Å². The highest BCUT2D eigenvalue weighted by Gasteiger charge is 2.17. The first-order valence-corrected chi connectivity index (χ1v) is 9.59. The Morgan fingerprint density at radius 1 is 1.10 bits per heavy atom. The number of hydrogen-bond donors (Lipinski definition) is 5. The van der Waals surface area contributed by atoms with E-state index in [2.05, 4.69) is 25.3 Å². The van der Waals surface area contributed by atoms with Crippen LogP contribution in [-0.2, 0) is 29.0 Å². The van der Waals surface area contributed by atoms with Crippen LogP contribution < -0.4 is 16.6 Å². The van der Waals surface area contributed by atoms with Crippen LogP contribution in [0.2, 0.25) is 0 Å². The zero-order valence-electron chi connectivity index (χ0n) is 16.5. The second-order valence-corrected chi connectivity index (χ2v) is 7.01. The lowest BCUT2D eigenvalue weighted by Gasteiger charge is -2.13. The monoisotopic (exact) mass is 426 g/mol. The molecule has 0 bridgehead atoms. The van der Waals surface area contributed by atoms with E-state index in [1.54, 1.807) is 6.20 Å². The molecule has 0 aliphatic rings. The van der Waals surface area contributed by atoms with Gasteiger partial charge in [-0.15, -0.1) is 0 Å². The summed E-state index contributed by atoms with van der Waals surface area (Å²) in [5.41, 5.74) is 7.97. The molecule has 0 aliphatic heterocycles. The van der Waals surface area contributed by atoms with Crippen molar-refractivity contribution >= 4 is 29.1 Å². The minimum Gasteiger partial charge on any atom is -0.481 e. The van der Waals surface area contributed by atoms with Crippen molar-refractivity contribution in [2.45, 2.75) is 38.3 Å². The first kappa shape index (κ1) is 21.8. The molecule has 0 fully saturated rings. The number of aryl methyl sites for hydroxylation is 2. The molecule has 2 heterocycles. The molecule has 0 radical (unpaired) electrons. The minimum absolute atomic E-state index is 0.00862. The molecule has 162 valence electrons. The normalized spacial score (nSPS) is 12.0. The van der Waals surface area contributed by atoms with Gasteiger partial charge in [0.05, 0.1) is 11.9 Å². The molecule has 0 saturated carbocycles. The number of aliphatic carboxylic acids is 2. The van der Waals surface area contributed by atoms with Crippen LogP contribution >= 0.6 is 0 Å². The number of carboxylic acid groups (broad SMARTS) is 2. The number of hydrogen-bond acceptors (Lipinski definition) is 8. The predicted molar refractivity (Wildman–Crippen MR) is 111 cm³/mol. The maximum Gasteiger partial charge on any atom is 0.320 e. The lowest BCUT2D eigenvalue weighted by atomic mass is 10.1. The third-order valence-electron chi connectivity index (χ3n) is 4.68. The van der Waals surface area contributed by atoms with Gasteiger partial charge in [-0.25, -0.2) is 9.97 Å². The summed E-state index contributed by atoms with van der Waals surface area (Å²) in [6, 6.07) is 6.68. The van der Waals surface area contributed by atoms with Crippen molar-refractivity contribution in [2.75, 3.05) is 5.73 Å². The van der Waals surface area contributed by atoms with E-state index in [1.165, 1.54) is 0 Å². The highest BCUT2D eigenvalue weighted by Crippen LogP contribution is 2.10. The Hall–Kier alpha value is -3.86. The summed E-state index contributed by atoms with van der Waals surface area (Å²) in [7, 11) is 0. The van der Waals surface area contributed by atoms with Crippen molar-refractivity contribution in [2.24, 2.45) is 0 Å². The molecule has 3 aromatic rings. The van der Waals surface area contributed by atoms with Gasteiger partial charge in [0, 0.05) is 13.0 Å². The quantitative estimate of drug-likeness (QED) is 0.305. The third kappa shape index (κ3) is 6.06. The molecular formula is C20H22N6O5. The SMILES string of the molecule is Nc1nc2ncc(CCc3ccc(CNC(CCC(=O)O)C(=O)O)cc3)nc2c(=O)[nH]1. The number of benzene rings is 1. The van der Waals surface area contributed by atoms with Crippen LogP contribution in [0, 0.1) is 0 Å². The van der Waals surface area contributed by atoms with Gasteiger partial charge in [0.15, 0.2) is 11.2 Å². The van der Waals surface area contributed by atoms with E-state index in [0.717, 1.165) is 11.1 Å². The first-order valence-electron chi connectivity index (χ1n) is 9.59. The summed E-state index contributed by atoms with van der Waals surface area (Å²) in [5, 5.41) is 20.8. The highest BCUT2D eigenvalue weighted by molar-refractivity contribution is 5.75. The fourth-order valence-electron chi connectivity index (χ4n) is 3.01. The minimum atomic E-state index is -1.08. The molecule has 0 aliphatic carbocycles. The van der Waals surface area contributed by atoms with Gasteiger partial charge in [0.1, 0.15) is 6.04 Å². The summed E-state index contributed by atoms with van der Waals surface area (Å²) in [5.74, 6) is -2.12. The number of nitrogens with one attached hydrogen (secondary N) is 2. The molecule has 1 unspecified atom stereocenters. The molecule has 0 spiro atoms. The Kier molecular flexibility index (Phi) is 6.88. The van der Waals surface area contributed by atoms with E-state index < -0.39 is 23.5 Å². The average molecular weight is 426 g/mol. The number of H-pyrrole nitrogens is 1. The second-order valence-electron chi connectivity index (χ2n) is 7.01. The molecule has 11 heteroatoms. The number of anilines is 1. The maximum absolute atomic E-state index is 11.9. The van der Waals surface area contributed by atoms with Gasteiger partial charge in [-0.2, -0.15) is 4.98 Å². The van der Waals surface area contributed by atoms with Crippen LogP contribution in [0.3, 0.4) is 0 Å². The lowest BCUT2D eigenvalue weighted by Crippen LogP contribution is -2.36. The van der Waals surface area contributed by atoms with Crippen molar-refractivity contribution in [3.05, 3.63) is 57.6 Å². The van der Waals surface area contributed by atoms with Crippen molar-refractivity contribution in [1.82, 2.24) is 25.3 Å². The van der Waals surface area contributed by atoms with E-state index in [0.29, 0.717) is 25.1 Å². The summed E-state index contributed by atoms with van der Waals surface area (Å²) in [6.07, 6.45) is 2.61. The zero-order chi connectivity index (χ0) is 22.4. The van der Waals surface area contributed by atoms with Crippen molar-refractivity contribution in [3.63, 3.8) is 0 Å². The molecule has 0 saturated heterocycles. The number of carboxylic acids is 2. The Morgan fingerprint density at radius 3 is 2.48 bits per heavy atom. The van der Waals surface area contributed by atoms with Crippen LogP contribution in [0.25, 0.3) is 11.2 Å². The lowest BCUT2D eigenvalue weighted by molar-refractivity contribution is -0.140. The smallest absolute Gasteiger partial charge is 0.320 e. The largest absolute Gasteiger partial charge is 0.481 e. The van der Waals surface area contributed by atoms with E-state index >= 15 is 0 Å². The summed E-state index contributed by atoms with van der Waals surface area (Å²) in [4.78, 5) is 48.6. The standard InChI is InChI=1S/C20H22N6O5/c21-20-25-17-16(18(29)26-20)24-13(10-23-17)6-5-11-1-3-12(4-2-11)9-22-14(19(30)31)7-8-15(27)28/h1-4,10,14,22H,5-9H2,(H,27,28)(H,30,31)(H3,21,23,25,26,29). The Morgan fingerprint density at radius 2 is 1.81 bits per heavy atom. The van der Waals surface area contributed by atoms with Crippen molar-refractivity contribution < 1.29 is 19.8 Å². The van der Waals surface area contributed by atoms with Gasteiger partial charge < -0.3 is 21.3 Å². The number of carbonyl (C=O) groups is 2. The van der Waals surface area contributed by atoms with Crippen LogP contribution in [0.5, 0.6) is 0 Å². The number of nitrogens with zero attached hydrogens (tertiary/aromatic N) is 3. The van der Waals surface area contributed by atoms with E-state index in [9.17, 15) is 19.5 Å². The van der Waals surface area contributed by atoms with Gasteiger partial charge in [-0.3, -0.25) is 19.4 Å². The number of aromatic amines is 1. The molecule has 1 atom stereocenters. The van der Waals surface area contributed by atoms with E-state index in [-0.39, 0.29) is 30.0 Å². The topological polar surface area (TPSA) is 184 Å². The molecule has 1 aromatic carbocycles. The molecule has 2 aromatic heterocycles. The van der Waals surface area contributed by atoms with E-state index in [4.69, 9.17) is 10.8 Å². The Bertz CT molecular complexity index is 1150. The van der Waals surface area contributed by atoms with Gasteiger partial charge in [-0.05, 0) is 30.4 Å². The zero-order valence-corrected chi connectivity index (χ0v) is 16.5. The summed E-state index contributed by atoms with van der Waals surface area (Å²) < 4.78 is 0. The third-order valence-corrected chi connectivity index (χ3v) is 4.68. The summed E-state index contributed by atoms with van der Waals surface area (Å²) in [6.45, 7) is 0.311. The average Bonchev–Trinajstić information content (AvgIpc) is 2.72. The van der Waals surface area contributed by atoms with Crippen LogP contribution in [0.1, 0.15) is 29.7 Å². The molecule has 6 N–H and O–H groups in total. The van der Waals surface area contributed by atoms with Gasteiger partial charge in [0.2, 0.25) is 5.95 Å². The molecule has 0 amide bonds. The maximum atomic E-state index is 11.9. The van der Waals surface area contributed by atoms with Crippen LogP contribution in [0.4, 0.5) is 5.95 Å². The van der Waals surface area contributed by atoms with E-state index in [1.807, 2.05) is 24.3 Å². The second kappa shape index (κ2) is 9.76. The molecule has 11 nitrogen and oxygen atoms in total. The van der Waals surface area contributed by atoms with Crippen LogP contribution in [-0.4, -0.2) is 48.1 Å². The fourth-order valence-corrected chi connectivity index (χ4v) is 3.01. The number of fused-ring (bicyclic) bond motifs is 1. The fraction of sp³-hybridized carbons (Fsp3) is 0.300. The predicted octanol–water partition coefficient (Wildman–Crippen LogP) is 0.488. The molecule has 3 rings (SSSR count).